The van der Waals surface area contributed by atoms with Gasteiger partial charge in [0, 0.05) is 19.2 Å². The first kappa shape index (κ1) is 15.2. The van der Waals surface area contributed by atoms with E-state index < -0.39 is 24.3 Å². The number of carboxylic acids is 1. The molecule has 1 rings (SSSR count). The van der Waals surface area contributed by atoms with Gasteiger partial charge >= 0.3 is 12.1 Å². The summed E-state index contributed by atoms with van der Waals surface area (Å²) in [7, 11) is 0. The van der Waals surface area contributed by atoms with E-state index in [0.717, 1.165) is 16.8 Å². The highest BCUT2D eigenvalue weighted by atomic mass is 19.4. The predicted molar refractivity (Wildman–Crippen MR) is 56.9 cm³/mol. The van der Waals surface area contributed by atoms with Gasteiger partial charge < -0.3 is 9.84 Å². The van der Waals surface area contributed by atoms with Crippen LogP contribution in [0.5, 0.6) is 0 Å². The zero-order chi connectivity index (χ0) is 14.5. The smallest absolute Gasteiger partial charge is 0.411 e. The topological polar surface area (TPSA) is 81.4 Å². The maximum absolute atomic E-state index is 11.8. The van der Waals surface area contributed by atoms with Crippen molar-refractivity contribution >= 4 is 5.97 Å². The van der Waals surface area contributed by atoms with Crippen LogP contribution in [0.3, 0.4) is 0 Å². The third-order valence-corrected chi connectivity index (χ3v) is 2.01. The maximum atomic E-state index is 11.8. The summed E-state index contributed by atoms with van der Waals surface area (Å²) < 4.78 is 40.5. The van der Waals surface area contributed by atoms with Crippen LogP contribution in [0.2, 0.25) is 0 Å². The van der Waals surface area contributed by atoms with E-state index in [1.165, 1.54) is 0 Å². The SMILES string of the molecule is O=C(O)c1ccc(=O)n(CCCOCC(F)(F)F)n1. The largest absolute Gasteiger partial charge is 0.476 e. The highest BCUT2D eigenvalue weighted by Crippen LogP contribution is 2.14. The van der Waals surface area contributed by atoms with Crippen molar-refractivity contribution in [2.45, 2.75) is 19.1 Å². The van der Waals surface area contributed by atoms with Gasteiger partial charge in [-0.2, -0.15) is 18.3 Å². The first-order valence-electron chi connectivity index (χ1n) is 5.25. The number of aromatic nitrogens is 2. The molecule has 0 aliphatic rings. The second-order valence-electron chi connectivity index (χ2n) is 3.61. The first-order chi connectivity index (χ1) is 8.79. The number of ether oxygens (including phenoxy) is 1. The standard InChI is InChI=1S/C10H11F3N2O4/c11-10(12,13)6-19-5-1-4-15-8(16)3-2-7(14-15)9(17)18/h2-3H,1,4-6H2,(H,17,18). The fraction of sp³-hybridized carbons (Fsp3) is 0.500. The highest BCUT2D eigenvalue weighted by molar-refractivity contribution is 5.84. The van der Waals surface area contributed by atoms with Crippen molar-refractivity contribution < 1.29 is 27.8 Å². The average molecular weight is 280 g/mol. The molecule has 1 aromatic rings. The monoisotopic (exact) mass is 280 g/mol. The van der Waals surface area contributed by atoms with Crippen LogP contribution in [-0.2, 0) is 11.3 Å². The first-order valence-corrected chi connectivity index (χ1v) is 5.25. The van der Waals surface area contributed by atoms with Gasteiger partial charge in [-0.15, -0.1) is 0 Å². The van der Waals surface area contributed by atoms with E-state index >= 15 is 0 Å². The molecule has 1 heterocycles. The quantitative estimate of drug-likeness (QED) is 0.783. The van der Waals surface area contributed by atoms with Crippen molar-refractivity contribution in [3.05, 3.63) is 28.2 Å². The lowest BCUT2D eigenvalue weighted by atomic mass is 10.4. The molecule has 0 fully saturated rings. The Kier molecular flexibility index (Phi) is 5.04. The third kappa shape index (κ3) is 5.51. The molecule has 0 unspecified atom stereocenters. The molecule has 106 valence electrons. The summed E-state index contributed by atoms with van der Waals surface area (Å²) in [5.41, 5.74) is -0.836. The minimum atomic E-state index is -4.39. The Hall–Kier alpha value is -1.90. The summed E-state index contributed by atoms with van der Waals surface area (Å²) in [6, 6.07) is 2.09. The molecule has 0 atom stereocenters. The number of carbonyl (C=O) groups is 1. The van der Waals surface area contributed by atoms with E-state index in [-0.39, 0.29) is 25.3 Å². The van der Waals surface area contributed by atoms with Crippen molar-refractivity contribution in [2.75, 3.05) is 13.2 Å². The normalized spacial score (nSPS) is 11.5. The lowest BCUT2D eigenvalue weighted by molar-refractivity contribution is -0.174. The van der Waals surface area contributed by atoms with Crippen LogP contribution in [0.1, 0.15) is 16.9 Å². The van der Waals surface area contributed by atoms with Crippen LogP contribution in [-0.4, -0.2) is 40.2 Å². The van der Waals surface area contributed by atoms with Crippen LogP contribution < -0.4 is 5.56 Å². The van der Waals surface area contributed by atoms with Crippen molar-refractivity contribution in [3.63, 3.8) is 0 Å². The van der Waals surface area contributed by atoms with E-state index in [1.807, 2.05) is 0 Å². The lowest BCUT2D eigenvalue weighted by Crippen LogP contribution is -2.25. The van der Waals surface area contributed by atoms with Crippen LogP contribution in [0.4, 0.5) is 13.2 Å². The molecule has 0 aliphatic carbocycles. The Morgan fingerprint density at radius 1 is 1.42 bits per heavy atom. The number of aryl methyl sites for hydroxylation is 1. The Balaban J connectivity index is 2.47. The Morgan fingerprint density at radius 2 is 2.11 bits per heavy atom. The Bertz CT molecular complexity index is 498. The molecule has 0 spiro atoms. The molecule has 0 amide bonds. The van der Waals surface area contributed by atoms with Gasteiger partial charge in [0.25, 0.3) is 5.56 Å². The number of rotatable bonds is 6. The number of halogens is 3. The van der Waals surface area contributed by atoms with Crippen molar-refractivity contribution in [1.82, 2.24) is 9.78 Å². The van der Waals surface area contributed by atoms with Crippen LogP contribution in [0.25, 0.3) is 0 Å². The summed E-state index contributed by atoms with van der Waals surface area (Å²) in [6.07, 6.45) is -4.27. The maximum Gasteiger partial charge on any atom is 0.411 e. The molecule has 0 saturated heterocycles. The molecule has 0 aromatic carbocycles. The van der Waals surface area contributed by atoms with Gasteiger partial charge in [0.1, 0.15) is 6.61 Å². The van der Waals surface area contributed by atoms with Crippen LogP contribution in [0.15, 0.2) is 16.9 Å². The fourth-order valence-corrected chi connectivity index (χ4v) is 1.23. The molecule has 9 heteroatoms. The van der Waals surface area contributed by atoms with Crippen LogP contribution in [0, 0.1) is 0 Å². The number of alkyl halides is 3. The van der Waals surface area contributed by atoms with Gasteiger partial charge in [0.05, 0.1) is 0 Å². The minimum Gasteiger partial charge on any atom is -0.476 e. The number of nitrogens with zero attached hydrogens (tertiary/aromatic N) is 2. The number of hydrogen-bond acceptors (Lipinski definition) is 4. The summed E-state index contributed by atoms with van der Waals surface area (Å²) in [6.45, 7) is -1.58. The van der Waals surface area contributed by atoms with Gasteiger partial charge in [-0.3, -0.25) is 4.79 Å². The summed E-state index contributed by atoms with van der Waals surface area (Å²) >= 11 is 0. The van der Waals surface area contributed by atoms with Gasteiger partial charge in [0.15, 0.2) is 5.69 Å². The number of hydrogen-bond donors (Lipinski definition) is 1. The molecular weight excluding hydrogens is 269 g/mol. The van der Waals surface area contributed by atoms with Crippen molar-refractivity contribution in [2.24, 2.45) is 0 Å². The van der Waals surface area contributed by atoms with Gasteiger partial charge in [-0.1, -0.05) is 0 Å². The van der Waals surface area contributed by atoms with Gasteiger partial charge in [-0.25, -0.2) is 9.48 Å². The molecule has 0 bridgehead atoms. The summed E-state index contributed by atoms with van der Waals surface area (Å²) in [5.74, 6) is -1.29. The van der Waals surface area contributed by atoms with Gasteiger partial charge in [0.2, 0.25) is 0 Å². The lowest BCUT2D eigenvalue weighted by Gasteiger charge is -2.08. The van der Waals surface area contributed by atoms with E-state index in [0.29, 0.717) is 0 Å². The Labute approximate surface area is 105 Å². The molecule has 19 heavy (non-hydrogen) atoms. The Morgan fingerprint density at radius 3 is 2.68 bits per heavy atom. The van der Waals surface area contributed by atoms with E-state index in [2.05, 4.69) is 9.84 Å². The summed E-state index contributed by atoms with van der Waals surface area (Å²) in [4.78, 5) is 21.9. The fourth-order valence-electron chi connectivity index (χ4n) is 1.23. The summed E-state index contributed by atoms with van der Waals surface area (Å²) in [5, 5.41) is 12.2. The molecule has 1 N–H and O–H groups in total. The van der Waals surface area contributed by atoms with E-state index in [9.17, 15) is 22.8 Å². The number of carboxylic acid groups (broad SMARTS) is 1. The zero-order valence-electron chi connectivity index (χ0n) is 9.68. The molecule has 0 aliphatic heterocycles. The second-order valence-corrected chi connectivity index (χ2v) is 3.61. The van der Waals surface area contributed by atoms with Crippen molar-refractivity contribution in [3.8, 4) is 0 Å². The van der Waals surface area contributed by atoms with E-state index in [1.54, 1.807) is 0 Å². The van der Waals surface area contributed by atoms with E-state index in [4.69, 9.17) is 5.11 Å². The van der Waals surface area contributed by atoms with Crippen molar-refractivity contribution in [1.29, 1.82) is 0 Å². The number of aromatic carboxylic acids is 1. The molecule has 6 nitrogen and oxygen atoms in total. The molecule has 1 aromatic heterocycles. The zero-order valence-corrected chi connectivity index (χ0v) is 9.68. The van der Waals surface area contributed by atoms with Gasteiger partial charge in [-0.05, 0) is 12.5 Å². The predicted octanol–water partition coefficient (Wildman–Crippen LogP) is 0.911. The van der Waals surface area contributed by atoms with Crippen LogP contribution >= 0.6 is 0 Å². The molecule has 0 radical (unpaired) electrons. The molecular formula is C10H11F3N2O4. The average Bonchev–Trinajstić information content (AvgIpc) is 2.29. The third-order valence-electron chi connectivity index (χ3n) is 2.01. The molecule has 0 saturated carbocycles. The highest BCUT2D eigenvalue weighted by Gasteiger charge is 2.27. The second kappa shape index (κ2) is 6.32. The minimum absolute atomic E-state index is 0.0161.